The molecule has 0 unspecified atom stereocenters. The van der Waals surface area contributed by atoms with Crippen LogP contribution in [-0.2, 0) is 6.61 Å². The van der Waals surface area contributed by atoms with Crippen molar-refractivity contribution in [2.75, 3.05) is 19.4 Å². The number of urea groups is 1. The Hall–Kier alpha value is -4.72. The number of aromatic nitrogens is 2. The molecule has 0 aliphatic heterocycles. The Bertz CT molecular complexity index is 1370. The number of fused-ring (bicyclic) bond motifs is 1. The van der Waals surface area contributed by atoms with E-state index in [0.29, 0.717) is 22.8 Å². The molecule has 8 nitrogen and oxygen atoms in total. The number of nitrogens with one attached hydrogen (secondary N) is 4. The number of para-hydroxylation sites is 1. The Morgan fingerprint density at radius 2 is 1.74 bits per heavy atom. The lowest BCUT2D eigenvalue weighted by molar-refractivity contribution is 0.254. The summed E-state index contributed by atoms with van der Waals surface area (Å²) < 4.78 is 5.96. The number of nitrogens with zero attached hydrogens (tertiary/aromatic N) is 2. The third-order valence-electron chi connectivity index (χ3n) is 5.32. The number of benzene rings is 2. The number of carbonyl (C=O) groups is 1. The van der Waals surface area contributed by atoms with Gasteiger partial charge in [0.1, 0.15) is 12.4 Å². The van der Waals surface area contributed by atoms with Crippen LogP contribution in [0.4, 0.5) is 10.5 Å². The van der Waals surface area contributed by atoms with Gasteiger partial charge in [-0.2, -0.15) is 0 Å². The normalized spacial score (nSPS) is 11.1. The van der Waals surface area contributed by atoms with Crippen LogP contribution in [0.1, 0.15) is 16.8 Å². The van der Waals surface area contributed by atoms with Crippen molar-refractivity contribution in [2.45, 2.75) is 6.61 Å². The minimum absolute atomic E-state index is 0.228. The van der Waals surface area contributed by atoms with Gasteiger partial charge in [-0.1, -0.05) is 18.2 Å². The molecule has 0 atom stereocenters. The van der Waals surface area contributed by atoms with E-state index in [2.05, 4.69) is 25.9 Å². The van der Waals surface area contributed by atoms with Crippen molar-refractivity contribution in [3.63, 3.8) is 0 Å². The Kier molecular flexibility index (Phi) is 7.32. The highest BCUT2D eigenvalue weighted by Crippen LogP contribution is 2.25. The summed E-state index contributed by atoms with van der Waals surface area (Å²) in [5.41, 5.74) is 4.93. The number of hydrogen-bond donors (Lipinski definition) is 4. The first-order valence-electron chi connectivity index (χ1n) is 11.1. The molecule has 0 saturated heterocycles. The van der Waals surface area contributed by atoms with E-state index in [4.69, 9.17) is 10.1 Å². The Labute approximate surface area is 203 Å². The summed E-state index contributed by atoms with van der Waals surface area (Å²) in [6.07, 6.45) is 5.22. The SMILES string of the molecule is CN/C=C(\C(=N)c1ccc(OCc2cc(NC(=O)NC)c3ccccc3n2)cc1)c1ccncc1. The summed E-state index contributed by atoms with van der Waals surface area (Å²) in [7, 11) is 3.38. The molecule has 35 heavy (non-hydrogen) atoms. The number of carbonyl (C=O) groups excluding carboxylic acids is 1. The van der Waals surface area contributed by atoms with Crippen LogP contribution in [0.2, 0.25) is 0 Å². The predicted octanol–water partition coefficient (Wildman–Crippen LogP) is 4.59. The van der Waals surface area contributed by atoms with Crippen molar-refractivity contribution in [1.29, 1.82) is 5.41 Å². The second-order valence-corrected chi connectivity index (χ2v) is 7.65. The molecule has 2 aromatic heterocycles. The number of rotatable bonds is 8. The number of hydrogen-bond acceptors (Lipinski definition) is 6. The Morgan fingerprint density at radius 1 is 1.00 bits per heavy atom. The molecule has 2 aromatic carbocycles. The maximum absolute atomic E-state index is 11.9. The van der Waals surface area contributed by atoms with Crippen molar-refractivity contribution in [3.8, 4) is 5.75 Å². The van der Waals surface area contributed by atoms with Gasteiger partial charge in [-0.15, -0.1) is 0 Å². The van der Waals surface area contributed by atoms with Gasteiger partial charge in [0.15, 0.2) is 0 Å². The lowest BCUT2D eigenvalue weighted by Gasteiger charge is -2.13. The lowest BCUT2D eigenvalue weighted by atomic mass is 9.97. The van der Waals surface area contributed by atoms with Crippen LogP contribution in [0.25, 0.3) is 16.5 Å². The fourth-order valence-corrected chi connectivity index (χ4v) is 3.60. The van der Waals surface area contributed by atoms with Gasteiger partial charge in [-0.25, -0.2) is 9.78 Å². The van der Waals surface area contributed by atoms with Gasteiger partial charge in [0.2, 0.25) is 0 Å². The lowest BCUT2D eigenvalue weighted by Crippen LogP contribution is -2.24. The molecule has 2 heterocycles. The fraction of sp³-hybridized carbons (Fsp3) is 0.111. The van der Waals surface area contributed by atoms with Gasteiger partial charge in [-0.3, -0.25) is 10.4 Å². The molecular formula is C27H26N6O2. The van der Waals surface area contributed by atoms with Gasteiger partial charge in [-0.05, 0) is 54.1 Å². The number of amides is 2. The molecule has 0 aliphatic rings. The Morgan fingerprint density at radius 3 is 2.46 bits per heavy atom. The number of allylic oxidation sites excluding steroid dienone is 1. The summed E-state index contributed by atoms with van der Waals surface area (Å²) >= 11 is 0. The molecule has 0 spiro atoms. The monoisotopic (exact) mass is 466 g/mol. The zero-order valence-corrected chi connectivity index (χ0v) is 19.5. The van der Waals surface area contributed by atoms with Gasteiger partial charge in [0.05, 0.1) is 22.6 Å². The molecule has 0 aliphatic carbocycles. The highest BCUT2D eigenvalue weighted by atomic mass is 16.5. The highest BCUT2D eigenvalue weighted by molar-refractivity contribution is 6.30. The average Bonchev–Trinajstić information content (AvgIpc) is 2.91. The van der Waals surface area contributed by atoms with E-state index in [1.165, 1.54) is 0 Å². The molecule has 4 N–H and O–H groups in total. The van der Waals surface area contributed by atoms with Crippen molar-refractivity contribution in [1.82, 2.24) is 20.6 Å². The van der Waals surface area contributed by atoms with Crippen LogP contribution in [0, 0.1) is 5.41 Å². The maximum Gasteiger partial charge on any atom is 0.318 e. The molecule has 0 fully saturated rings. The summed E-state index contributed by atoms with van der Waals surface area (Å²) in [6.45, 7) is 0.228. The van der Waals surface area contributed by atoms with Gasteiger partial charge >= 0.3 is 6.03 Å². The summed E-state index contributed by atoms with van der Waals surface area (Å²) in [5, 5.41) is 18.0. The van der Waals surface area contributed by atoms with Crippen LogP contribution < -0.4 is 20.7 Å². The number of anilines is 1. The van der Waals surface area contributed by atoms with Gasteiger partial charge in [0.25, 0.3) is 0 Å². The molecule has 0 radical (unpaired) electrons. The van der Waals surface area contributed by atoms with Gasteiger partial charge in [0, 0.05) is 49.2 Å². The quantitative estimate of drug-likeness (QED) is 0.284. The topological polar surface area (TPSA) is 112 Å². The van der Waals surface area contributed by atoms with Crippen molar-refractivity contribution in [3.05, 3.63) is 102 Å². The molecular weight excluding hydrogens is 440 g/mol. The molecule has 4 rings (SSSR count). The van der Waals surface area contributed by atoms with Crippen molar-refractivity contribution in [2.24, 2.45) is 0 Å². The number of pyridine rings is 2. The minimum atomic E-state index is -0.301. The molecule has 8 heteroatoms. The highest BCUT2D eigenvalue weighted by Gasteiger charge is 2.12. The fourth-order valence-electron chi connectivity index (χ4n) is 3.60. The van der Waals surface area contributed by atoms with E-state index in [1.807, 2.05) is 73.8 Å². The zero-order chi connectivity index (χ0) is 24.6. The number of ether oxygens (including phenoxy) is 1. The molecule has 4 aromatic rings. The summed E-state index contributed by atoms with van der Waals surface area (Å²) in [6, 6.07) is 20.2. The standard InChI is InChI=1S/C27H26N6O2/c1-29-16-23(18-11-13-31-14-12-18)26(28)19-7-9-21(10-8-19)35-17-20-15-25(33-27(34)30-2)22-5-3-4-6-24(22)32-20/h3-16,28-29H,17H2,1-2H3,(H2,30,32,33,34)/b23-16-,28-26?. The van der Waals surface area contributed by atoms with E-state index in [9.17, 15) is 4.79 Å². The van der Waals surface area contributed by atoms with Crippen LogP contribution in [0.5, 0.6) is 5.75 Å². The first-order valence-corrected chi connectivity index (χ1v) is 11.1. The first kappa shape index (κ1) is 23.4. The van der Waals surface area contributed by atoms with E-state index in [1.54, 1.807) is 25.6 Å². The van der Waals surface area contributed by atoms with E-state index in [0.717, 1.165) is 27.6 Å². The van der Waals surface area contributed by atoms with Crippen LogP contribution >= 0.6 is 0 Å². The smallest absolute Gasteiger partial charge is 0.318 e. The summed E-state index contributed by atoms with van der Waals surface area (Å²) in [5.74, 6) is 0.653. The predicted molar refractivity (Wildman–Crippen MR) is 139 cm³/mol. The van der Waals surface area contributed by atoms with E-state index < -0.39 is 0 Å². The van der Waals surface area contributed by atoms with Crippen molar-refractivity contribution < 1.29 is 9.53 Å². The Balaban J connectivity index is 1.50. The van der Waals surface area contributed by atoms with Gasteiger partial charge < -0.3 is 20.7 Å². The van der Waals surface area contributed by atoms with Crippen molar-refractivity contribution >= 4 is 33.9 Å². The second kappa shape index (κ2) is 10.9. The van der Waals surface area contributed by atoms with Crippen LogP contribution in [0.3, 0.4) is 0 Å². The summed E-state index contributed by atoms with van der Waals surface area (Å²) in [4.78, 5) is 20.6. The largest absolute Gasteiger partial charge is 0.487 e. The molecule has 2 amide bonds. The molecule has 0 bridgehead atoms. The van der Waals surface area contributed by atoms with Crippen LogP contribution in [0.15, 0.2) is 85.3 Å². The van der Waals surface area contributed by atoms with Crippen LogP contribution in [-0.4, -0.2) is 35.8 Å². The van der Waals surface area contributed by atoms with E-state index in [-0.39, 0.29) is 12.6 Å². The second-order valence-electron chi connectivity index (χ2n) is 7.65. The molecule has 176 valence electrons. The zero-order valence-electron chi connectivity index (χ0n) is 19.5. The average molecular weight is 467 g/mol. The van der Waals surface area contributed by atoms with E-state index >= 15 is 0 Å². The maximum atomic E-state index is 11.9. The molecule has 0 saturated carbocycles. The third kappa shape index (κ3) is 5.62. The first-order chi connectivity index (χ1) is 17.1. The minimum Gasteiger partial charge on any atom is -0.487 e. The third-order valence-corrected chi connectivity index (χ3v) is 5.32.